The molecule has 10 heavy (non-hydrogen) atoms. The summed E-state index contributed by atoms with van der Waals surface area (Å²) >= 11 is 0. The molecule has 5 heteroatoms. The first kappa shape index (κ1) is 7.30. The summed E-state index contributed by atoms with van der Waals surface area (Å²) < 4.78 is 0. The van der Waals surface area contributed by atoms with Gasteiger partial charge in [-0.25, -0.2) is 4.79 Å². The van der Waals surface area contributed by atoms with Crippen LogP contribution in [0.25, 0.3) is 0 Å². The summed E-state index contributed by atoms with van der Waals surface area (Å²) in [6, 6.07) is -0.375. The standard InChI is InChI=1S/C5H10N2O3/c1-6-3(8)4(9)7(2)5(6)10/h3-4,8-9H,1-2H3. The number of aliphatic hydroxyl groups is 2. The molecule has 1 rings (SSSR count). The summed E-state index contributed by atoms with van der Waals surface area (Å²) in [5.74, 6) is 0. The Hall–Kier alpha value is -0.810. The number of carbonyl (C=O) groups excluding carboxylic acids is 1. The van der Waals surface area contributed by atoms with E-state index in [0.29, 0.717) is 0 Å². The largest absolute Gasteiger partial charge is 0.369 e. The Morgan fingerprint density at radius 2 is 1.50 bits per heavy atom. The Bertz CT molecular complexity index is 145. The van der Waals surface area contributed by atoms with Gasteiger partial charge in [-0.05, 0) is 0 Å². The summed E-state index contributed by atoms with van der Waals surface area (Å²) in [7, 11) is 2.86. The van der Waals surface area contributed by atoms with Crippen molar-refractivity contribution in [1.82, 2.24) is 9.80 Å². The fourth-order valence-corrected chi connectivity index (χ4v) is 0.875. The second-order valence-electron chi connectivity index (χ2n) is 2.33. The summed E-state index contributed by atoms with van der Waals surface area (Å²) in [5, 5.41) is 18.0. The van der Waals surface area contributed by atoms with Gasteiger partial charge in [0.2, 0.25) is 0 Å². The number of hydrogen-bond acceptors (Lipinski definition) is 3. The Morgan fingerprint density at radius 1 is 1.20 bits per heavy atom. The van der Waals surface area contributed by atoms with Gasteiger partial charge in [0.05, 0.1) is 0 Å². The Kier molecular flexibility index (Phi) is 1.53. The van der Waals surface area contributed by atoms with E-state index >= 15 is 0 Å². The zero-order chi connectivity index (χ0) is 7.89. The van der Waals surface area contributed by atoms with Gasteiger partial charge in [0.1, 0.15) is 0 Å². The monoisotopic (exact) mass is 146 g/mol. The second kappa shape index (κ2) is 2.10. The summed E-state index contributed by atoms with van der Waals surface area (Å²) in [5.41, 5.74) is 0. The summed E-state index contributed by atoms with van der Waals surface area (Å²) in [4.78, 5) is 13.0. The van der Waals surface area contributed by atoms with Crippen molar-refractivity contribution in [2.75, 3.05) is 14.1 Å². The number of urea groups is 1. The van der Waals surface area contributed by atoms with E-state index in [1.807, 2.05) is 0 Å². The molecule has 1 fully saturated rings. The second-order valence-corrected chi connectivity index (χ2v) is 2.33. The van der Waals surface area contributed by atoms with Crippen LogP contribution in [0.5, 0.6) is 0 Å². The van der Waals surface area contributed by atoms with Crippen LogP contribution in [-0.4, -0.2) is 52.6 Å². The third-order valence-electron chi connectivity index (χ3n) is 1.66. The number of nitrogens with zero attached hydrogens (tertiary/aromatic N) is 2. The molecule has 2 amide bonds. The number of hydrogen-bond donors (Lipinski definition) is 2. The van der Waals surface area contributed by atoms with Gasteiger partial charge in [-0.3, -0.25) is 9.80 Å². The molecule has 0 saturated carbocycles. The van der Waals surface area contributed by atoms with Crippen LogP contribution in [0.2, 0.25) is 0 Å². The number of likely N-dealkylation sites (N-methyl/N-ethyl adjacent to an activating group) is 2. The smallest absolute Gasteiger partial charge is 0.323 e. The molecule has 2 unspecified atom stereocenters. The molecule has 0 aromatic rings. The zero-order valence-electron chi connectivity index (χ0n) is 5.85. The van der Waals surface area contributed by atoms with E-state index in [1.54, 1.807) is 0 Å². The zero-order valence-corrected chi connectivity index (χ0v) is 5.85. The van der Waals surface area contributed by atoms with Gasteiger partial charge in [0.15, 0.2) is 12.5 Å². The quantitative estimate of drug-likeness (QED) is 0.442. The SMILES string of the molecule is CN1C(=O)N(C)C(O)C1O. The topological polar surface area (TPSA) is 64.0 Å². The van der Waals surface area contributed by atoms with E-state index in [0.717, 1.165) is 9.80 Å². The number of carbonyl (C=O) groups is 1. The first-order chi connectivity index (χ1) is 4.55. The fraction of sp³-hybridized carbons (Fsp3) is 0.800. The lowest BCUT2D eigenvalue weighted by molar-refractivity contribution is -0.0550. The molecular weight excluding hydrogens is 136 g/mol. The van der Waals surface area contributed by atoms with Crippen LogP contribution < -0.4 is 0 Å². The van der Waals surface area contributed by atoms with Gasteiger partial charge in [-0.2, -0.15) is 0 Å². The Morgan fingerprint density at radius 3 is 1.60 bits per heavy atom. The molecular formula is C5H10N2O3. The number of amides is 2. The lowest BCUT2D eigenvalue weighted by atomic mass is 10.5. The van der Waals surface area contributed by atoms with Crippen molar-refractivity contribution < 1.29 is 15.0 Å². The Labute approximate surface area is 58.5 Å². The van der Waals surface area contributed by atoms with E-state index in [2.05, 4.69) is 0 Å². The van der Waals surface area contributed by atoms with Crippen molar-refractivity contribution in [1.29, 1.82) is 0 Å². The summed E-state index contributed by atoms with van der Waals surface area (Å²) in [6.07, 6.45) is -2.20. The van der Waals surface area contributed by atoms with Crippen molar-refractivity contribution in [2.24, 2.45) is 0 Å². The van der Waals surface area contributed by atoms with Crippen LogP contribution in [0.1, 0.15) is 0 Å². The fourth-order valence-electron chi connectivity index (χ4n) is 0.875. The average Bonchev–Trinajstić information content (AvgIpc) is 2.07. The summed E-state index contributed by atoms with van der Waals surface area (Å²) in [6.45, 7) is 0. The highest BCUT2D eigenvalue weighted by Crippen LogP contribution is 2.14. The van der Waals surface area contributed by atoms with Crippen molar-refractivity contribution in [3.05, 3.63) is 0 Å². The van der Waals surface area contributed by atoms with Gasteiger partial charge in [-0.15, -0.1) is 0 Å². The molecule has 0 aromatic heterocycles. The number of aliphatic hydroxyl groups excluding tert-OH is 2. The lowest BCUT2D eigenvalue weighted by Crippen LogP contribution is -2.34. The molecule has 1 heterocycles. The molecule has 0 spiro atoms. The highest BCUT2D eigenvalue weighted by Gasteiger charge is 2.39. The van der Waals surface area contributed by atoms with Gasteiger partial charge < -0.3 is 10.2 Å². The molecule has 5 nitrogen and oxygen atoms in total. The minimum atomic E-state index is -1.10. The van der Waals surface area contributed by atoms with E-state index in [1.165, 1.54) is 14.1 Å². The van der Waals surface area contributed by atoms with E-state index in [4.69, 9.17) is 10.2 Å². The maximum atomic E-state index is 10.9. The van der Waals surface area contributed by atoms with Crippen molar-refractivity contribution in [3.8, 4) is 0 Å². The molecule has 58 valence electrons. The van der Waals surface area contributed by atoms with Crippen LogP contribution >= 0.6 is 0 Å². The van der Waals surface area contributed by atoms with E-state index < -0.39 is 12.5 Å². The highest BCUT2D eigenvalue weighted by molar-refractivity contribution is 5.76. The lowest BCUT2D eigenvalue weighted by Gasteiger charge is -2.13. The Balaban J connectivity index is 2.78. The molecule has 0 bridgehead atoms. The molecule has 2 atom stereocenters. The minimum absolute atomic E-state index is 0.375. The maximum Gasteiger partial charge on any atom is 0.323 e. The van der Waals surface area contributed by atoms with Gasteiger partial charge in [0.25, 0.3) is 0 Å². The first-order valence-corrected chi connectivity index (χ1v) is 2.91. The van der Waals surface area contributed by atoms with Crippen molar-refractivity contribution >= 4 is 6.03 Å². The third-order valence-corrected chi connectivity index (χ3v) is 1.66. The molecule has 1 aliphatic heterocycles. The molecule has 0 aliphatic carbocycles. The van der Waals surface area contributed by atoms with Crippen LogP contribution in [0.3, 0.4) is 0 Å². The van der Waals surface area contributed by atoms with Crippen LogP contribution in [0.4, 0.5) is 4.79 Å². The predicted octanol–water partition coefficient (Wildman–Crippen LogP) is -1.38. The van der Waals surface area contributed by atoms with E-state index in [-0.39, 0.29) is 6.03 Å². The molecule has 2 N–H and O–H groups in total. The van der Waals surface area contributed by atoms with Crippen LogP contribution in [0, 0.1) is 0 Å². The van der Waals surface area contributed by atoms with Crippen molar-refractivity contribution in [3.63, 3.8) is 0 Å². The van der Waals surface area contributed by atoms with E-state index in [9.17, 15) is 4.79 Å². The third kappa shape index (κ3) is 0.748. The van der Waals surface area contributed by atoms with Gasteiger partial charge in [-0.1, -0.05) is 0 Å². The molecule has 0 radical (unpaired) electrons. The van der Waals surface area contributed by atoms with Crippen LogP contribution in [0.15, 0.2) is 0 Å². The first-order valence-electron chi connectivity index (χ1n) is 2.91. The molecule has 1 saturated heterocycles. The average molecular weight is 146 g/mol. The van der Waals surface area contributed by atoms with Crippen LogP contribution in [-0.2, 0) is 0 Å². The molecule has 1 aliphatic rings. The highest BCUT2D eigenvalue weighted by atomic mass is 16.4. The maximum absolute atomic E-state index is 10.9. The normalized spacial score (nSPS) is 33.8. The van der Waals surface area contributed by atoms with Crippen molar-refractivity contribution in [2.45, 2.75) is 12.5 Å². The van der Waals surface area contributed by atoms with Gasteiger partial charge >= 0.3 is 6.03 Å². The van der Waals surface area contributed by atoms with Gasteiger partial charge in [0, 0.05) is 14.1 Å². The predicted molar refractivity (Wildman–Crippen MR) is 32.9 cm³/mol. The minimum Gasteiger partial charge on any atom is -0.369 e. The number of rotatable bonds is 0. The molecule has 0 aromatic carbocycles.